The smallest absolute Gasteiger partial charge is 0.248 e. The number of aromatic nitrogens is 6. The molecule has 1 amide bonds. The highest BCUT2D eigenvalue weighted by atomic mass is 16.2. The molecule has 0 radical (unpaired) electrons. The van der Waals surface area contributed by atoms with E-state index in [1.54, 1.807) is 12.4 Å². The van der Waals surface area contributed by atoms with Crippen LogP contribution < -0.4 is 5.32 Å². The van der Waals surface area contributed by atoms with Gasteiger partial charge in [-0.05, 0) is 5.21 Å². The van der Waals surface area contributed by atoms with Gasteiger partial charge in [0.15, 0.2) is 5.82 Å². The Hall–Kier alpha value is -3.94. The summed E-state index contributed by atoms with van der Waals surface area (Å²) in [6.45, 7) is -0.0553. The summed E-state index contributed by atoms with van der Waals surface area (Å²) < 4.78 is 0. The van der Waals surface area contributed by atoms with Gasteiger partial charge in [-0.25, -0.2) is 9.97 Å². The molecule has 2 aromatic heterocycles. The van der Waals surface area contributed by atoms with E-state index in [0.29, 0.717) is 17.3 Å². The second-order valence-corrected chi connectivity index (χ2v) is 5.72. The van der Waals surface area contributed by atoms with Crippen molar-refractivity contribution in [2.24, 2.45) is 0 Å². The summed E-state index contributed by atoms with van der Waals surface area (Å²) in [6.07, 6.45) is 3.13. The minimum absolute atomic E-state index is 0.0553. The van der Waals surface area contributed by atoms with Crippen molar-refractivity contribution in [3.63, 3.8) is 0 Å². The molecule has 0 aliphatic rings. The van der Waals surface area contributed by atoms with Gasteiger partial charge >= 0.3 is 0 Å². The maximum Gasteiger partial charge on any atom is 0.248 e. The number of nitrogens with one attached hydrogen (secondary N) is 1. The minimum Gasteiger partial charge on any atom is -0.322 e. The number of nitrogens with zero attached hydrogens (tertiary/aromatic N) is 6. The number of rotatable bonds is 5. The van der Waals surface area contributed by atoms with E-state index in [9.17, 15) is 4.79 Å². The Labute approximate surface area is 154 Å². The quantitative estimate of drug-likeness (QED) is 0.589. The Morgan fingerprint density at radius 1 is 0.852 bits per heavy atom. The number of carbonyl (C=O) groups is 1. The molecular weight excluding hydrogens is 342 g/mol. The fourth-order valence-electron chi connectivity index (χ4n) is 2.47. The van der Waals surface area contributed by atoms with Gasteiger partial charge in [-0.15, -0.1) is 10.2 Å². The predicted octanol–water partition coefficient (Wildman–Crippen LogP) is 2.44. The number of amides is 1. The molecule has 2 aromatic carbocycles. The van der Waals surface area contributed by atoms with Gasteiger partial charge in [-0.1, -0.05) is 60.7 Å². The fourth-order valence-corrected chi connectivity index (χ4v) is 2.47. The third kappa shape index (κ3) is 4.01. The molecule has 0 saturated carbocycles. The van der Waals surface area contributed by atoms with Crippen LogP contribution in [0.2, 0.25) is 0 Å². The van der Waals surface area contributed by atoms with Crippen LogP contribution in [0.15, 0.2) is 73.1 Å². The van der Waals surface area contributed by atoms with Crippen LogP contribution in [0.5, 0.6) is 0 Å². The van der Waals surface area contributed by atoms with E-state index in [-0.39, 0.29) is 12.5 Å². The van der Waals surface area contributed by atoms with Crippen molar-refractivity contribution >= 4 is 11.6 Å². The number of carbonyl (C=O) groups excluding carboxylic acids is 1. The highest BCUT2D eigenvalue weighted by Gasteiger charge is 2.10. The van der Waals surface area contributed by atoms with Crippen LogP contribution in [-0.2, 0) is 11.3 Å². The maximum atomic E-state index is 12.2. The third-order valence-electron chi connectivity index (χ3n) is 3.74. The maximum absolute atomic E-state index is 12.2. The Bertz CT molecular complexity index is 1030. The van der Waals surface area contributed by atoms with Crippen molar-refractivity contribution in [1.29, 1.82) is 0 Å². The summed E-state index contributed by atoms with van der Waals surface area (Å²) in [5.74, 6) is 0.779. The zero-order valence-electron chi connectivity index (χ0n) is 14.2. The highest BCUT2D eigenvalue weighted by Crippen LogP contribution is 2.15. The largest absolute Gasteiger partial charge is 0.322 e. The van der Waals surface area contributed by atoms with Gasteiger partial charge in [0.2, 0.25) is 11.7 Å². The SMILES string of the molecule is O=C(Cn1nnc(-c2ccccc2)n1)Nc1cnc(-c2ccccc2)nc1. The van der Waals surface area contributed by atoms with Crippen molar-refractivity contribution in [3.05, 3.63) is 73.1 Å². The van der Waals surface area contributed by atoms with Gasteiger partial charge in [0.1, 0.15) is 6.54 Å². The van der Waals surface area contributed by atoms with Crippen molar-refractivity contribution in [2.45, 2.75) is 6.54 Å². The van der Waals surface area contributed by atoms with Gasteiger partial charge in [-0.3, -0.25) is 4.79 Å². The first-order valence-corrected chi connectivity index (χ1v) is 8.28. The molecule has 27 heavy (non-hydrogen) atoms. The van der Waals surface area contributed by atoms with Crippen LogP contribution in [0.3, 0.4) is 0 Å². The lowest BCUT2D eigenvalue weighted by molar-refractivity contribution is -0.117. The highest BCUT2D eigenvalue weighted by molar-refractivity contribution is 5.90. The Morgan fingerprint density at radius 2 is 1.44 bits per heavy atom. The molecule has 0 fully saturated rings. The van der Waals surface area contributed by atoms with E-state index in [4.69, 9.17) is 0 Å². The first-order chi connectivity index (χ1) is 13.3. The number of hydrogen-bond acceptors (Lipinski definition) is 6. The topological polar surface area (TPSA) is 98.5 Å². The average molecular weight is 357 g/mol. The van der Waals surface area contributed by atoms with Gasteiger partial charge < -0.3 is 5.32 Å². The third-order valence-corrected chi connectivity index (χ3v) is 3.74. The standard InChI is InChI=1S/C19H15N7O/c27-17(13-26-24-19(23-25-26)15-9-5-2-6-10-15)22-16-11-20-18(21-12-16)14-7-3-1-4-8-14/h1-12H,13H2,(H,22,27). The van der Waals surface area contributed by atoms with Crippen LogP contribution in [-0.4, -0.2) is 36.1 Å². The summed E-state index contributed by atoms with van der Waals surface area (Å²) in [7, 11) is 0. The van der Waals surface area contributed by atoms with E-state index in [1.807, 2.05) is 60.7 Å². The van der Waals surface area contributed by atoms with Gasteiger partial charge in [0.25, 0.3) is 0 Å². The number of anilines is 1. The van der Waals surface area contributed by atoms with Crippen molar-refractivity contribution in [1.82, 2.24) is 30.2 Å². The van der Waals surface area contributed by atoms with Crippen LogP contribution >= 0.6 is 0 Å². The molecule has 0 unspecified atom stereocenters. The fraction of sp³-hybridized carbons (Fsp3) is 0.0526. The monoisotopic (exact) mass is 357 g/mol. The lowest BCUT2D eigenvalue weighted by Gasteiger charge is -2.05. The predicted molar refractivity (Wildman–Crippen MR) is 99.4 cm³/mol. The number of benzene rings is 2. The first-order valence-electron chi connectivity index (χ1n) is 8.28. The zero-order valence-corrected chi connectivity index (χ0v) is 14.2. The summed E-state index contributed by atoms with van der Waals surface area (Å²) in [5, 5.41) is 14.8. The summed E-state index contributed by atoms with van der Waals surface area (Å²) in [4.78, 5) is 22.0. The van der Waals surface area contributed by atoms with Gasteiger partial charge in [-0.2, -0.15) is 4.80 Å². The first kappa shape index (κ1) is 16.5. The molecular formula is C19H15N7O. The molecule has 0 spiro atoms. The van der Waals surface area contributed by atoms with E-state index < -0.39 is 0 Å². The van der Waals surface area contributed by atoms with Crippen molar-refractivity contribution < 1.29 is 4.79 Å². The van der Waals surface area contributed by atoms with Crippen LogP contribution in [0.4, 0.5) is 5.69 Å². The number of hydrogen-bond donors (Lipinski definition) is 1. The molecule has 0 aliphatic heterocycles. The van der Waals surface area contributed by atoms with Crippen molar-refractivity contribution in [3.8, 4) is 22.8 Å². The van der Waals surface area contributed by atoms with E-state index in [2.05, 4.69) is 30.7 Å². The molecule has 132 valence electrons. The Morgan fingerprint density at radius 3 is 2.07 bits per heavy atom. The zero-order chi connectivity index (χ0) is 18.5. The second kappa shape index (κ2) is 7.52. The second-order valence-electron chi connectivity index (χ2n) is 5.72. The minimum atomic E-state index is -0.289. The summed E-state index contributed by atoms with van der Waals surface area (Å²) in [5.41, 5.74) is 2.26. The molecule has 2 heterocycles. The molecule has 4 aromatic rings. The van der Waals surface area contributed by atoms with Crippen LogP contribution in [0.1, 0.15) is 0 Å². The van der Waals surface area contributed by atoms with Crippen LogP contribution in [0, 0.1) is 0 Å². The average Bonchev–Trinajstić information content (AvgIpc) is 3.18. The molecule has 0 atom stereocenters. The lowest BCUT2D eigenvalue weighted by Crippen LogP contribution is -2.20. The number of tetrazole rings is 1. The van der Waals surface area contributed by atoms with E-state index >= 15 is 0 Å². The molecule has 8 nitrogen and oxygen atoms in total. The Kier molecular flexibility index (Phi) is 4.60. The summed E-state index contributed by atoms with van der Waals surface area (Å²) >= 11 is 0. The van der Waals surface area contributed by atoms with E-state index in [0.717, 1.165) is 11.1 Å². The molecule has 0 saturated heterocycles. The van der Waals surface area contributed by atoms with Gasteiger partial charge in [0.05, 0.1) is 18.1 Å². The lowest BCUT2D eigenvalue weighted by atomic mass is 10.2. The van der Waals surface area contributed by atoms with Crippen molar-refractivity contribution in [2.75, 3.05) is 5.32 Å². The molecule has 1 N–H and O–H groups in total. The molecule has 4 rings (SSSR count). The normalized spacial score (nSPS) is 10.5. The molecule has 0 bridgehead atoms. The van der Waals surface area contributed by atoms with E-state index in [1.165, 1.54) is 4.80 Å². The van der Waals surface area contributed by atoms with Crippen LogP contribution in [0.25, 0.3) is 22.8 Å². The molecule has 8 heteroatoms. The molecule has 0 aliphatic carbocycles. The Balaban J connectivity index is 1.39. The summed E-state index contributed by atoms with van der Waals surface area (Å²) in [6, 6.07) is 19.1. The van der Waals surface area contributed by atoms with Gasteiger partial charge in [0, 0.05) is 11.1 Å².